The molecule has 0 saturated carbocycles. The summed E-state index contributed by atoms with van der Waals surface area (Å²) in [4.78, 5) is 12.0. The smallest absolute Gasteiger partial charge is 0.326 e. The summed E-state index contributed by atoms with van der Waals surface area (Å²) in [5, 5.41) is 5.56. The number of anilines is 1. The Labute approximate surface area is 119 Å². The molecule has 1 aliphatic rings. The van der Waals surface area contributed by atoms with Gasteiger partial charge in [-0.2, -0.15) is 13.2 Å². The number of halogens is 4. The number of rotatable bonds is 2. The van der Waals surface area contributed by atoms with E-state index >= 15 is 0 Å². The molecular formula is C14H16F4N2O. The maximum atomic E-state index is 13.2. The van der Waals surface area contributed by atoms with Crippen LogP contribution in [0.5, 0.6) is 0 Å². The van der Waals surface area contributed by atoms with Crippen LogP contribution in [0.3, 0.4) is 0 Å². The van der Waals surface area contributed by atoms with Crippen LogP contribution in [-0.4, -0.2) is 18.5 Å². The van der Waals surface area contributed by atoms with E-state index < -0.39 is 17.6 Å². The average Bonchev–Trinajstić information content (AvgIpc) is 2.40. The molecule has 2 N–H and O–H groups in total. The van der Waals surface area contributed by atoms with Crippen molar-refractivity contribution in [1.82, 2.24) is 5.32 Å². The van der Waals surface area contributed by atoms with E-state index in [0.29, 0.717) is 31.1 Å². The first-order valence-electron chi connectivity index (χ1n) is 6.68. The summed E-state index contributed by atoms with van der Waals surface area (Å²) in [6.07, 6.45) is -3.28. The van der Waals surface area contributed by atoms with Crippen LogP contribution in [0.25, 0.3) is 0 Å². The number of piperidine rings is 1. The second kappa shape index (κ2) is 6.01. The van der Waals surface area contributed by atoms with Crippen LogP contribution in [0, 0.1) is 11.7 Å². The highest BCUT2D eigenvalue weighted by molar-refractivity contribution is 5.92. The van der Waals surface area contributed by atoms with Crippen molar-refractivity contribution < 1.29 is 22.4 Å². The molecule has 2 atom stereocenters. The molecule has 1 saturated heterocycles. The highest BCUT2D eigenvalue weighted by Crippen LogP contribution is 2.33. The van der Waals surface area contributed by atoms with Gasteiger partial charge >= 0.3 is 6.18 Å². The maximum absolute atomic E-state index is 13.2. The fraction of sp³-hybridized carbons (Fsp3) is 0.500. The summed E-state index contributed by atoms with van der Waals surface area (Å²) >= 11 is 0. The van der Waals surface area contributed by atoms with Gasteiger partial charge in [-0.25, -0.2) is 4.39 Å². The van der Waals surface area contributed by atoms with Crippen LogP contribution in [0.1, 0.15) is 25.3 Å². The van der Waals surface area contributed by atoms with E-state index in [1.165, 1.54) is 0 Å². The second-order valence-electron chi connectivity index (χ2n) is 5.27. The minimum Gasteiger partial charge on any atom is -0.326 e. The van der Waals surface area contributed by atoms with E-state index in [4.69, 9.17) is 0 Å². The number of benzene rings is 1. The molecule has 7 heteroatoms. The van der Waals surface area contributed by atoms with Crippen LogP contribution in [0.2, 0.25) is 0 Å². The van der Waals surface area contributed by atoms with Gasteiger partial charge in [0.2, 0.25) is 5.91 Å². The largest absolute Gasteiger partial charge is 0.419 e. The Kier molecular flexibility index (Phi) is 4.51. The predicted molar refractivity (Wildman–Crippen MR) is 70.2 cm³/mol. The molecule has 1 amide bonds. The molecular weight excluding hydrogens is 288 g/mol. The number of hydrogen-bond donors (Lipinski definition) is 2. The van der Waals surface area contributed by atoms with Gasteiger partial charge in [0.05, 0.1) is 11.5 Å². The Bertz CT molecular complexity index is 522. The zero-order valence-electron chi connectivity index (χ0n) is 11.4. The van der Waals surface area contributed by atoms with Crippen molar-refractivity contribution in [2.75, 3.05) is 11.9 Å². The Hall–Kier alpha value is -1.63. The molecule has 0 aliphatic carbocycles. The van der Waals surface area contributed by atoms with Crippen molar-refractivity contribution in [2.45, 2.75) is 32.0 Å². The van der Waals surface area contributed by atoms with E-state index in [-0.39, 0.29) is 17.5 Å². The summed E-state index contributed by atoms with van der Waals surface area (Å²) in [7, 11) is 0. The van der Waals surface area contributed by atoms with Crippen LogP contribution in [0.4, 0.5) is 23.2 Å². The lowest BCUT2D eigenvalue weighted by Gasteiger charge is -2.26. The third kappa shape index (κ3) is 3.93. The van der Waals surface area contributed by atoms with Gasteiger partial charge in [0.1, 0.15) is 5.82 Å². The van der Waals surface area contributed by atoms with Crippen LogP contribution >= 0.6 is 0 Å². The summed E-state index contributed by atoms with van der Waals surface area (Å²) < 4.78 is 51.0. The van der Waals surface area contributed by atoms with E-state index in [0.717, 1.165) is 12.5 Å². The molecule has 0 bridgehead atoms. The highest BCUT2D eigenvalue weighted by Gasteiger charge is 2.34. The predicted octanol–water partition coefficient (Wildman–Crippen LogP) is 3.17. The van der Waals surface area contributed by atoms with Crippen LogP contribution < -0.4 is 10.6 Å². The molecule has 0 spiro atoms. The summed E-state index contributed by atoms with van der Waals surface area (Å²) in [6, 6.07) is 2.78. The van der Waals surface area contributed by atoms with Crippen molar-refractivity contribution in [2.24, 2.45) is 5.92 Å². The van der Waals surface area contributed by atoms with Gasteiger partial charge in [-0.15, -0.1) is 0 Å². The molecule has 1 aromatic rings. The molecule has 2 unspecified atom stereocenters. The minimum absolute atomic E-state index is 0.0488. The fourth-order valence-corrected chi connectivity index (χ4v) is 2.29. The Morgan fingerprint density at radius 2 is 2.05 bits per heavy atom. The molecule has 1 heterocycles. The molecule has 1 aromatic carbocycles. The van der Waals surface area contributed by atoms with E-state index in [2.05, 4.69) is 10.6 Å². The summed E-state index contributed by atoms with van der Waals surface area (Å²) in [6.45, 7) is 2.49. The number of amides is 1. The van der Waals surface area contributed by atoms with Crippen molar-refractivity contribution in [1.29, 1.82) is 0 Å². The topological polar surface area (TPSA) is 41.1 Å². The van der Waals surface area contributed by atoms with E-state index in [1.54, 1.807) is 0 Å². The molecule has 0 aromatic heterocycles. The lowest BCUT2D eigenvalue weighted by molar-refractivity contribution is -0.140. The van der Waals surface area contributed by atoms with Gasteiger partial charge in [0, 0.05) is 18.3 Å². The van der Waals surface area contributed by atoms with Crippen molar-refractivity contribution in [3.63, 3.8) is 0 Å². The third-order valence-electron chi connectivity index (χ3n) is 3.57. The van der Waals surface area contributed by atoms with Gasteiger partial charge in [-0.1, -0.05) is 0 Å². The van der Waals surface area contributed by atoms with E-state index in [1.807, 2.05) is 6.92 Å². The SMILES string of the molecule is CC1CCC(C(=O)Nc2ccc(F)c(C(F)(F)F)c2)CN1. The monoisotopic (exact) mass is 304 g/mol. The molecule has 1 aliphatic heterocycles. The van der Waals surface area contributed by atoms with E-state index in [9.17, 15) is 22.4 Å². The molecule has 0 radical (unpaired) electrons. The van der Waals surface area contributed by atoms with Crippen molar-refractivity contribution in [3.05, 3.63) is 29.6 Å². The maximum Gasteiger partial charge on any atom is 0.419 e. The summed E-state index contributed by atoms with van der Waals surface area (Å²) in [5.74, 6) is -2.00. The quantitative estimate of drug-likeness (QED) is 0.824. The Balaban J connectivity index is 2.08. The number of alkyl halides is 3. The van der Waals surface area contributed by atoms with Crippen molar-refractivity contribution >= 4 is 11.6 Å². The lowest BCUT2D eigenvalue weighted by atomic mass is 9.94. The number of carbonyl (C=O) groups excluding carboxylic acids is 1. The molecule has 1 fully saturated rings. The molecule has 116 valence electrons. The second-order valence-corrected chi connectivity index (χ2v) is 5.27. The Morgan fingerprint density at radius 1 is 1.33 bits per heavy atom. The first-order valence-corrected chi connectivity index (χ1v) is 6.68. The van der Waals surface area contributed by atoms with Gasteiger partial charge in [-0.05, 0) is 38.0 Å². The number of hydrogen-bond acceptors (Lipinski definition) is 2. The molecule has 21 heavy (non-hydrogen) atoms. The third-order valence-corrected chi connectivity index (χ3v) is 3.57. The Morgan fingerprint density at radius 3 is 2.62 bits per heavy atom. The van der Waals surface area contributed by atoms with Crippen molar-refractivity contribution in [3.8, 4) is 0 Å². The lowest BCUT2D eigenvalue weighted by Crippen LogP contribution is -2.41. The normalized spacial score (nSPS) is 22.9. The zero-order chi connectivity index (χ0) is 15.6. The van der Waals surface area contributed by atoms with Gasteiger partial charge in [0.15, 0.2) is 0 Å². The van der Waals surface area contributed by atoms with Crippen LogP contribution in [-0.2, 0) is 11.0 Å². The average molecular weight is 304 g/mol. The highest BCUT2D eigenvalue weighted by atomic mass is 19.4. The fourth-order valence-electron chi connectivity index (χ4n) is 2.29. The van der Waals surface area contributed by atoms with Gasteiger partial charge in [-0.3, -0.25) is 4.79 Å². The van der Waals surface area contributed by atoms with Gasteiger partial charge < -0.3 is 10.6 Å². The summed E-state index contributed by atoms with van der Waals surface area (Å²) in [5.41, 5.74) is -1.43. The standard InChI is InChI=1S/C14H16F4N2O/c1-8-2-3-9(7-19-8)13(21)20-10-4-5-12(15)11(6-10)14(16,17)18/h4-6,8-9,19H,2-3,7H2,1H3,(H,20,21). The van der Waals surface area contributed by atoms with Crippen LogP contribution in [0.15, 0.2) is 18.2 Å². The van der Waals surface area contributed by atoms with Gasteiger partial charge in [0.25, 0.3) is 0 Å². The molecule has 2 rings (SSSR count). The zero-order valence-corrected chi connectivity index (χ0v) is 11.4. The molecule has 3 nitrogen and oxygen atoms in total. The first-order chi connectivity index (χ1) is 9.77. The number of nitrogens with one attached hydrogen (secondary N) is 2. The first kappa shape index (κ1) is 15.8. The number of carbonyl (C=O) groups is 1. The minimum atomic E-state index is -4.79.